The summed E-state index contributed by atoms with van der Waals surface area (Å²) >= 11 is 3.06. The van der Waals surface area contributed by atoms with Crippen LogP contribution in [0.3, 0.4) is 0 Å². The lowest BCUT2D eigenvalue weighted by atomic mass is 10.2. The van der Waals surface area contributed by atoms with Crippen molar-refractivity contribution in [3.8, 4) is 33.6 Å². The lowest BCUT2D eigenvalue weighted by Crippen LogP contribution is -2.12. The Hall–Kier alpha value is -3.50. The zero-order chi connectivity index (χ0) is 22.6. The molecule has 0 saturated heterocycles. The van der Waals surface area contributed by atoms with E-state index in [2.05, 4.69) is 15.5 Å². The lowest BCUT2D eigenvalue weighted by molar-refractivity contribution is -0.115. The van der Waals surface area contributed by atoms with Crippen LogP contribution in [0, 0.1) is 0 Å². The molecular weight excluding hydrogens is 460 g/mol. The average molecular weight is 481 g/mol. The molecule has 4 aromatic rings. The molecule has 0 fully saturated rings. The molecule has 33 heavy (non-hydrogen) atoms. The molecule has 8 nitrogen and oxygen atoms in total. The monoisotopic (exact) mass is 480 g/mol. The van der Waals surface area contributed by atoms with E-state index >= 15 is 0 Å². The Morgan fingerprint density at radius 1 is 1.15 bits per heavy atom. The van der Waals surface area contributed by atoms with Gasteiger partial charge in [-0.2, -0.15) is 0 Å². The number of hydrogen-bond donors (Lipinski definition) is 1. The van der Waals surface area contributed by atoms with Crippen molar-refractivity contribution >= 4 is 34.7 Å². The van der Waals surface area contributed by atoms with E-state index in [1.165, 1.54) is 11.8 Å². The Balaban J connectivity index is 1.31. The first-order valence-corrected chi connectivity index (χ1v) is 12.0. The number of ether oxygens (including phenoxy) is 3. The number of fused-ring (bicyclic) bond motifs is 1. The molecule has 0 radical (unpaired) electrons. The molecule has 1 aliphatic heterocycles. The fraction of sp³-hybridized carbons (Fsp3) is 0.174. The summed E-state index contributed by atoms with van der Waals surface area (Å²) < 4.78 is 18.2. The molecule has 1 aliphatic rings. The van der Waals surface area contributed by atoms with Crippen LogP contribution >= 0.6 is 23.1 Å². The van der Waals surface area contributed by atoms with E-state index < -0.39 is 0 Å². The largest absolute Gasteiger partial charge is 0.495 e. The van der Waals surface area contributed by atoms with Crippen LogP contribution in [0.2, 0.25) is 0 Å². The van der Waals surface area contributed by atoms with E-state index in [1.54, 1.807) is 36.6 Å². The molecule has 2 aromatic heterocycles. The molecule has 0 saturated carbocycles. The van der Waals surface area contributed by atoms with Crippen molar-refractivity contribution in [2.45, 2.75) is 11.6 Å². The van der Waals surface area contributed by atoms with E-state index in [0.29, 0.717) is 34.5 Å². The quantitative estimate of drug-likeness (QED) is 0.361. The number of rotatable bonds is 8. The van der Waals surface area contributed by atoms with Gasteiger partial charge in [0.1, 0.15) is 5.75 Å². The van der Waals surface area contributed by atoms with Gasteiger partial charge in [0, 0.05) is 23.9 Å². The normalized spacial score (nSPS) is 12.0. The SMILES string of the molecule is COc1ccccc1-n1c(SCCC(=O)Nc2ccc3c(c2)OCO3)nnc1-c1cccs1. The smallest absolute Gasteiger partial charge is 0.231 e. The number of hydrogen-bond acceptors (Lipinski definition) is 8. The zero-order valence-corrected chi connectivity index (χ0v) is 19.3. The van der Waals surface area contributed by atoms with Crippen LogP contribution in [-0.4, -0.2) is 40.3 Å². The minimum Gasteiger partial charge on any atom is -0.495 e. The maximum absolute atomic E-state index is 12.5. The second kappa shape index (κ2) is 9.55. The van der Waals surface area contributed by atoms with Gasteiger partial charge in [-0.25, -0.2) is 0 Å². The minimum absolute atomic E-state index is 0.0943. The van der Waals surface area contributed by atoms with Gasteiger partial charge in [0.25, 0.3) is 0 Å². The number of amides is 1. The van der Waals surface area contributed by atoms with E-state index in [-0.39, 0.29) is 12.7 Å². The second-order valence-corrected chi connectivity index (χ2v) is 9.02. The first-order chi connectivity index (χ1) is 16.2. The summed E-state index contributed by atoms with van der Waals surface area (Å²) in [5, 5.41) is 14.4. The highest BCUT2D eigenvalue weighted by Gasteiger charge is 2.20. The molecule has 1 amide bonds. The third-order valence-electron chi connectivity index (χ3n) is 4.92. The van der Waals surface area contributed by atoms with Gasteiger partial charge in [0.15, 0.2) is 22.5 Å². The maximum atomic E-state index is 12.5. The Labute approximate surface area is 198 Å². The third-order valence-corrected chi connectivity index (χ3v) is 6.71. The molecule has 10 heteroatoms. The molecule has 168 valence electrons. The Morgan fingerprint density at radius 3 is 2.88 bits per heavy atom. The van der Waals surface area contributed by atoms with Gasteiger partial charge in [-0.15, -0.1) is 21.5 Å². The summed E-state index contributed by atoms with van der Waals surface area (Å²) in [4.78, 5) is 13.5. The van der Waals surface area contributed by atoms with E-state index in [9.17, 15) is 4.79 Å². The van der Waals surface area contributed by atoms with Crippen LogP contribution in [0.15, 0.2) is 65.1 Å². The van der Waals surface area contributed by atoms with Crippen LogP contribution in [-0.2, 0) is 4.79 Å². The van der Waals surface area contributed by atoms with Crippen molar-refractivity contribution in [2.24, 2.45) is 0 Å². The third kappa shape index (κ3) is 4.53. The molecule has 0 unspecified atom stereocenters. The molecule has 0 aliphatic carbocycles. The number of nitrogens with zero attached hydrogens (tertiary/aromatic N) is 3. The number of para-hydroxylation sites is 2. The number of carbonyl (C=O) groups is 1. The number of nitrogens with one attached hydrogen (secondary N) is 1. The number of thioether (sulfide) groups is 1. The predicted molar refractivity (Wildman–Crippen MR) is 128 cm³/mol. The fourth-order valence-corrected chi connectivity index (χ4v) is 4.97. The van der Waals surface area contributed by atoms with Crippen molar-refractivity contribution in [3.05, 3.63) is 60.0 Å². The van der Waals surface area contributed by atoms with Crippen LogP contribution in [0.25, 0.3) is 16.4 Å². The van der Waals surface area contributed by atoms with Crippen molar-refractivity contribution in [3.63, 3.8) is 0 Å². The molecule has 5 rings (SSSR count). The summed E-state index contributed by atoms with van der Waals surface area (Å²) in [7, 11) is 1.64. The number of methoxy groups -OCH3 is 1. The lowest BCUT2D eigenvalue weighted by Gasteiger charge is -2.13. The molecule has 0 atom stereocenters. The summed E-state index contributed by atoms with van der Waals surface area (Å²) in [5.74, 6) is 3.21. The minimum atomic E-state index is -0.0943. The average Bonchev–Trinajstić information content (AvgIpc) is 3.59. The summed E-state index contributed by atoms with van der Waals surface area (Å²) in [6.07, 6.45) is 0.312. The second-order valence-electron chi connectivity index (χ2n) is 7.01. The highest BCUT2D eigenvalue weighted by Crippen LogP contribution is 2.35. The highest BCUT2D eigenvalue weighted by atomic mass is 32.2. The molecular formula is C23H20N4O4S2. The molecule has 1 N–H and O–H groups in total. The fourth-order valence-electron chi connectivity index (χ4n) is 3.39. The van der Waals surface area contributed by atoms with Crippen LogP contribution in [0.4, 0.5) is 5.69 Å². The van der Waals surface area contributed by atoms with Gasteiger partial charge >= 0.3 is 0 Å². The zero-order valence-electron chi connectivity index (χ0n) is 17.7. The Kier molecular flexibility index (Phi) is 6.18. The molecule has 0 bridgehead atoms. The van der Waals surface area contributed by atoms with Crippen molar-refractivity contribution < 1.29 is 19.0 Å². The van der Waals surface area contributed by atoms with E-state index in [0.717, 1.165) is 22.1 Å². The number of benzene rings is 2. The first kappa shape index (κ1) is 21.4. The number of thiophene rings is 1. The van der Waals surface area contributed by atoms with Gasteiger partial charge in [-0.1, -0.05) is 30.0 Å². The van der Waals surface area contributed by atoms with Gasteiger partial charge in [0.2, 0.25) is 12.7 Å². The summed E-state index contributed by atoms with van der Waals surface area (Å²) in [6.45, 7) is 0.198. The van der Waals surface area contributed by atoms with Crippen molar-refractivity contribution in [1.29, 1.82) is 0 Å². The van der Waals surface area contributed by atoms with Crippen LogP contribution in [0.5, 0.6) is 17.2 Å². The summed E-state index contributed by atoms with van der Waals surface area (Å²) in [5.41, 5.74) is 1.52. The van der Waals surface area contributed by atoms with Gasteiger partial charge in [-0.3, -0.25) is 9.36 Å². The van der Waals surface area contributed by atoms with Gasteiger partial charge < -0.3 is 19.5 Å². The van der Waals surface area contributed by atoms with Crippen LogP contribution < -0.4 is 19.5 Å². The van der Waals surface area contributed by atoms with Crippen molar-refractivity contribution in [2.75, 3.05) is 25.0 Å². The molecule has 2 aromatic carbocycles. The Morgan fingerprint density at radius 2 is 2.03 bits per heavy atom. The number of carbonyl (C=O) groups excluding carboxylic acids is 1. The van der Waals surface area contributed by atoms with Gasteiger partial charge in [-0.05, 0) is 35.7 Å². The summed E-state index contributed by atoms with van der Waals surface area (Å²) in [6, 6.07) is 17.1. The Bertz CT molecular complexity index is 1270. The standard InChI is InChI=1S/C23H20N4O4S2/c1-29-17-6-3-2-5-16(17)27-22(20-7-4-11-32-20)25-26-23(27)33-12-10-21(28)24-15-8-9-18-19(13-15)31-14-30-18/h2-9,11,13H,10,12,14H2,1H3,(H,24,28). The highest BCUT2D eigenvalue weighted by molar-refractivity contribution is 7.99. The van der Waals surface area contributed by atoms with Crippen LogP contribution in [0.1, 0.15) is 6.42 Å². The van der Waals surface area contributed by atoms with E-state index in [1.807, 2.05) is 46.3 Å². The topological polar surface area (TPSA) is 87.5 Å². The van der Waals surface area contributed by atoms with E-state index in [4.69, 9.17) is 14.2 Å². The molecule has 3 heterocycles. The number of anilines is 1. The predicted octanol–water partition coefficient (Wildman–Crippen LogP) is 4.85. The number of aromatic nitrogens is 3. The maximum Gasteiger partial charge on any atom is 0.231 e. The molecule has 0 spiro atoms. The first-order valence-electron chi connectivity index (χ1n) is 10.2. The van der Waals surface area contributed by atoms with Gasteiger partial charge in [0.05, 0.1) is 17.7 Å². The van der Waals surface area contributed by atoms with Crippen molar-refractivity contribution in [1.82, 2.24) is 14.8 Å².